The number of carbonyl (C=O) groups excluding carboxylic acids is 2. The van der Waals surface area contributed by atoms with Crippen molar-refractivity contribution in [2.24, 2.45) is 33.3 Å². The third kappa shape index (κ3) is 4.39. The average molecular weight is 599 g/mol. The minimum absolute atomic E-state index is 0.0400. The molecule has 1 aromatic rings. The summed E-state index contributed by atoms with van der Waals surface area (Å²) in [6.07, 6.45) is -3.02. The molecule has 1 saturated heterocycles. The third-order valence-electron chi connectivity index (χ3n) is 11.9. The van der Waals surface area contributed by atoms with Crippen molar-refractivity contribution >= 4 is 11.8 Å². The Kier molecular flexibility index (Phi) is 8.04. The summed E-state index contributed by atoms with van der Waals surface area (Å²) in [6.45, 7) is 13.5. The Bertz CT molecular complexity index is 1310. The van der Waals surface area contributed by atoms with Crippen LogP contribution in [0, 0.1) is 33.0 Å². The number of nitroso groups, excluding NO2 is 1. The lowest BCUT2D eigenvalue weighted by molar-refractivity contribution is -0.303. The molecule has 2 bridgehead atoms. The second-order valence-corrected chi connectivity index (χ2v) is 14.2. The number of esters is 1. The number of hydrogen-bond donors (Lipinski definition) is 3. The number of aliphatic hydroxyl groups is 2. The summed E-state index contributed by atoms with van der Waals surface area (Å²) in [4.78, 5) is 46.3. The lowest BCUT2D eigenvalue weighted by atomic mass is 9.40. The molecule has 4 aliphatic rings. The van der Waals surface area contributed by atoms with Crippen molar-refractivity contribution in [1.82, 2.24) is 5.48 Å². The van der Waals surface area contributed by atoms with Gasteiger partial charge in [0.2, 0.25) is 0 Å². The summed E-state index contributed by atoms with van der Waals surface area (Å²) < 4.78 is 12.0. The van der Waals surface area contributed by atoms with Crippen LogP contribution in [0.15, 0.2) is 46.7 Å². The standard InChI is InChI=1S/C33H46N2O8/c1-17(20-12-10-9-11-13-20)25(35-40)29(38)42-21-15-33(39)19(3)27-31(6)16-41-23(31)14-22(36)32(27,7)28(37)26(43-34-8)24(18(21)2)30(33,4)5/h9-13,17,19,21-23,25-27,34,36,39H,14-16H2,1-8H3/t17?,19?,21-,22?,23?,25+,26?,27?,31+,32?,33?/m0/s1. The van der Waals surface area contributed by atoms with Gasteiger partial charge in [-0.15, -0.1) is 4.91 Å². The fourth-order valence-corrected chi connectivity index (χ4v) is 9.26. The zero-order chi connectivity index (χ0) is 31.7. The van der Waals surface area contributed by atoms with Crippen molar-refractivity contribution in [3.63, 3.8) is 0 Å². The van der Waals surface area contributed by atoms with Crippen LogP contribution in [0.4, 0.5) is 0 Å². The van der Waals surface area contributed by atoms with E-state index in [-0.39, 0.29) is 18.3 Å². The first-order valence-corrected chi connectivity index (χ1v) is 15.3. The molecule has 11 atom stereocenters. The van der Waals surface area contributed by atoms with Crippen molar-refractivity contribution in [1.29, 1.82) is 0 Å². The molecule has 1 heterocycles. The molecule has 10 nitrogen and oxygen atoms in total. The molecule has 236 valence electrons. The van der Waals surface area contributed by atoms with E-state index in [1.54, 1.807) is 27.8 Å². The monoisotopic (exact) mass is 598 g/mol. The Labute approximate surface area is 253 Å². The van der Waals surface area contributed by atoms with Gasteiger partial charge < -0.3 is 19.7 Å². The number of nitrogens with one attached hydrogen (secondary N) is 1. The van der Waals surface area contributed by atoms with Crippen molar-refractivity contribution in [2.75, 3.05) is 13.7 Å². The van der Waals surface area contributed by atoms with Crippen molar-refractivity contribution in [3.8, 4) is 0 Å². The molecule has 43 heavy (non-hydrogen) atoms. The molecule has 1 aliphatic heterocycles. The molecule has 3 N–H and O–H groups in total. The Morgan fingerprint density at radius 2 is 1.84 bits per heavy atom. The zero-order valence-corrected chi connectivity index (χ0v) is 26.4. The topological polar surface area (TPSA) is 144 Å². The number of benzene rings is 1. The lowest BCUT2D eigenvalue weighted by Gasteiger charge is -2.68. The predicted molar refractivity (Wildman–Crippen MR) is 159 cm³/mol. The summed E-state index contributed by atoms with van der Waals surface area (Å²) in [5.74, 6) is -2.61. The molecule has 0 radical (unpaired) electrons. The predicted octanol–water partition coefficient (Wildman–Crippen LogP) is 3.85. The van der Waals surface area contributed by atoms with Crippen molar-refractivity contribution in [3.05, 3.63) is 51.9 Å². The van der Waals surface area contributed by atoms with Gasteiger partial charge in [0.05, 0.1) is 29.8 Å². The van der Waals surface area contributed by atoms with E-state index in [4.69, 9.17) is 14.3 Å². The summed E-state index contributed by atoms with van der Waals surface area (Å²) in [6, 6.07) is 7.86. The first-order chi connectivity index (χ1) is 20.1. The number of hydrogen-bond acceptors (Lipinski definition) is 10. The minimum Gasteiger partial charge on any atom is -0.456 e. The van der Waals surface area contributed by atoms with E-state index in [9.17, 15) is 24.7 Å². The molecule has 3 aliphatic carbocycles. The van der Waals surface area contributed by atoms with E-state index in [0.717, 1.165) is 5.56 Å². The minimum atomic E-state index is -1.50. The number of ether oxygens (including phenoxy) is 2. The van der Waals surface area contributed by atoms with Crippen LogP contribution < -0.4 is 5.48 Å². The van der Waals surface area contributed by atoms with Gasteiger partial charge >= 0.3 is 5.97 Å². The lowest BCUT2D eigenvalue weighted by Crippen LogP contribution is -2.75. The Hall–Kier alpha value is -2.50. The van der Waals surface area contributed by atoms with Gasteiger partial charge in [-0.05, 0) is 42.4 Å². The van der Waals surface area contributed by atoms with Crippen LogP contribution in [-0.4, -0.2) is 71.7 Å². The molecule has 0 spiro atoms. The van der Waals surface area contributed by atoms with E-state index >= 15 is 0 Å². The number of rotatable bonds is 7. The number of ketones is 1. The van der Waals surface area contributed by atoms with Gasteiger partial charge in [-0.25, -0.2) is 10.3 Å². The summed E-state index contributed by atoms with van der Waals surface area (Å²) in [5.41, 5.74) is 0.325. The number of hydroxylamine groups is 1. The van der Waals surface area contributed by atoms with Gasteiger partial charge in [0.25, 0.3) is 0 Å². The van der Waals surface area contributed by atoms with Crippen LogP contribution >= 0.6 is 0 Å². The number of Topliss-reactive ketones (excluding diaryl/α,β-unsaturated/α-hetero) is 1. The Morgan fingerprint density at radius 1 is 1.19 bits per heavy atom. The quantitative estimate of drug-likeness (QED) is 0.185. The molecule has 8 unspecified atom stereocenters. The molecule has 2 saturated carbocycles. The van der Waals surface area contributed by atoms with Crippen molar-refractivity contribution in [2.45, 2.75) is 103 Å². The largest absolute Gasteiger partial charge is 0.456 e. The van der Waals surface area contributed by atoms with E-state index in [2.05, 4.69) is 17.6 Å². The Balaban J connectivity index is 1.62. The number of aliphatic hydroxyl groups excluding tert-OH is 1. The maximum Gasteiger partial charge on any atom is 0.335 e. The number of nitrogens with zero attached hydrogens (tertiary/aromatic N) is 1. The molecule has 5 rings (SSSR count). The highest BCUT2D eigenvalue weighted by Gasteiger charge is 2.73. The first-order valence-electron chi connectivity index (χ1n) is 15.3. The average Bonchev–Trinajstić information content (AvgIpc) is 2.96. The van der Waals surface area contributed by atoms with Gasteiger partial charge in [0.15, 0.2) is 17.9 Å². The molecule has 0 aromatic heterocycles. The Morgan fingerprint density at radius 3 is 2.40 bits per heavy atom. The fraction of sp³-hybridized carbons (Fsp3) is 0.697. The molecular formula is C33H46N2O8. The van der Waals surface area contributed by atoms with Gasteiger partial charge in [-0.2, -0.15) is 0 Å². The third-order valence-corrected chi connectivity index (χ3v) is 11.9. The van der Waals surface area contributed by atoms with Crippen molar-refractivity contribution < 1.29 is 34.1 Å². The van der Waals surface area contributed by atoms with Gasteiger partial charge in [-0.3, -0.25) is 9.63 Å². The smallest absolute Gasteiger partial charge is 0.335 e. The maximum atomic E-state index is 14.7. The highest BCUT2D eigenvalue weighted by Crippen LogP contribution is 2.67. The number of carbonyl (C=O) groups is 2. The van der Waals surface area contributed by atoms with Crippen LogP contribution in [0.5, 0.6) is 0 Å². The second-order valence-electron chi connectivity index (χ2n) is 14.2. The van der Waals surface area contributed by atoms with E-state index < -0.39 is 69.9 Å². The van der Waals surface area contributed by atoms with Crippen LogP contribution in [-0.2, 0) is 23.9 Å². The van der Waals surface area contributed by atoms with E-state index in [1.807, 2.05) is 51.1 Å². The van der Waals surface area contributed by atoms with Gasteiger partial charge in [-0.1, -0.05) is 70.1 Å². The van der Waals surface area contributed by atoms with E-state index in [1.165, 1.54) is 0 Å². The van der Waals surface area contributed by atoms with Crippen LogP contribution in [0.25, 0.3) is 0 Å². The van der Waals surface area contributed by atoms with Crippen LogP contribution in [0.3, 0.4) is 0 Å². The molecule has 0 amide bonds. The first kappa shape index (κ1) is 31.9. The highest BCUT2D eigenvalue weighted by molar-refractivity contribution is 5.93. The number of fused-ring (bicyclic) bond motifs is 5. The van der Waals surface area contributed by atoms with E-state index in [0.29, 0.717) is 24.2 Å². The molecular weight excluding hydrogens is 552 g/mol. The molecule has 1 aromatic carbocycles. The molecule has 10 heteroatoms. The summed E-state index contributed by atoms with van der Waals surface area (Å²) >= 11 is 0. The summed E-state index contributed by atoms with van der Waals surface area (Å²) in [5, 5.41) is 27.6. The van der Waals surface area contributed by atoms with Gasteiger partial charge in [0, 0.05) is 36.6 Å². The van der Waals surface area contributed by atoms with Crippen LogP contribution in [0.2, 0.25) is 0 Å². The second kappa shape index (κ2) is 10.8. The SMILES string of the molecule is CNOC1C(=O)C2(C)C(O)CC3OC[C@@]3(C)C2C(C)C2(O)C[C@H](OC(=O)[C@H](N=O)C(C)c3ccccc3)C(C)=C1C2(C)C. The highest BCUT2D eigenvalue weighted by atomic mass is 16.7. The van der Waals surface area contributed by atoms with Gasteiger partial charge in [0.1, 0.15) is 6.10 Å². The molecule has 3 fully saturated rings. The maximum absolute atomic E-state index is 14.7. The zero-order valence-electron chi connectivity index (χ0n) is 26.4. The van der Waals surface area contributed by atoms with Crippen LogP contribution in [0.1, 0.15) is 72.8 Å². The normalized spacial score (nSPS) is 41.5. The summed E-state index contributed by atoms with van der Waals surface area (Å²) in [7, 11) is 1.56. The fourth-order valence-electron chi connectivity index (χ4n) is 9.26.